The Kier molecular flexibility index (Phi) is 6.11. The van der Waals surface area contributed by atoms with Gasteiger partial charge < -0.3 is 10.4 Å². The van der Waals surface area contributed by atoms with Crippen LogP contribution in [-0.4, -0.2) is 27.5 Å². The van der Waals surface area contributed by atoms with Gasteiger partial charge in [-0.15, -0.1) is 0 Å². The Morgan fingerprint density at radius 3 is 3.06 bits per heavy atom. The van der Waals surface area contributed by atoms with Crippen LogP contribution in [0.2, 0.25) is 0 Å². The van der Waals surface area contributed by atoms with Gasteiger partial charge in [-0.1, -0.05) is 6.92 Å². The molecule has 92 valence electrons. The molecule has 0 aliphatic rings. The number of nitrogens with one attached hydrogen (secondary N) is 1. The molecule has 0 spiro atoms. The summed E-state index contributed by atoms with van der Waals surface area (Å²) in [4.78, 5) is 0. The summed E-state index contributed by atoms with van der Waals surface area (Å²) in [6, 6.07) is 0. The van der Waals surface area contributed by atoms with Crippen molar-refractivity contribution in [1.29, 1.82) is 0 Å². The van der Waals surface area contributed by atoms with Crippen molar-refractivity contribution < 1.29 is 5.11 Å². The Balaban J connectivity index is 2.12. The van der Waals surface area contributed by atoms with Crippen LogP contribution in [0.1, 0.15) is 38.7 Å². The maximum Gasteiger partial charge on any atom is 0.0534 e. The van der Waals surface area contributed by atoms with Crippen LogP contribution in [0.25, 0.3) is 0 Å². The molecule has 4 nitrogen and oxygen atoms in total. The van der Waals surface area contributed by atoms with E-state index in [1.54, 1.807) is 0 Å². The zero-order chi connectivity index (χ0) is 11.8. The SMILES string of the molecule is CCCn1cc(CNCCCC(C)O)cn1. The monoisotopic (exact) mass is 225 g/mol. The van der Waals surface area contributed by atoms with Crippen LogP contribution in [0.15, 0.2) is 12.4 Å². The minimum absolute atomic E-state index is 0.186. The molecule has 1 aromatic heterocycles. The highest BCUT2D eigenvalue weighted by Crippen LogP contribution is 1.99. The lowest BCUT2D eigenvalue weighted by Gasteiger charge is -2.04. The van der Waals surface area contributed by atoms with E-state index in [4.69, 9.17) is 5.11 Å². The third kappa shape index (κ3) is 5.28. The fourth-order valence-corrected chi connectivity index (χ4v) is 1.60. The molecule has 0 aliphatic carbocycles. The lowest BCUT2D eigenvalue weighted by molar-refractivity contribution is 0.181. The molecule has 0 saturated carbocycles. The molecule has 0 fully saturated rings. The highest BCUT2D eigenvalue weighted by atomic mass is 16.3. The van der Waals surface area contributed by atoms with Gasteiger partial charge in [-0.05, 0) is 32.7 Å². The van der Waals surface area contributed by atoms with Crippen LogP contribution < -0.4 is 5.32 Å². The van der Waals surface area contributed by atoms with Crippen molar-refractivity contribution in [2.24, 2.45) is 0 Å². The van der Waals surface area contributed by atoms with Gasteiger partial charge in [0.25, 0.3) is 0 Å². The highest BCUT2D eigenvalue weighted by Gasteiger charge is 1.98. The summed E-state index contributed by atoms with van der Waals surface area (Å²) < 4.78 is 1.98. The summed E-state index contributed by atoms with van der Waals surface area (Å²) in [5.74, 6) is 0. The quantitative estimate of drug-likeness (QED) is 0.660. The van der Waals surface area contributed by atoms with E-state index in [-0.39, 0.29) is 6.10 Å². The van der Waals surface area contributed by atoms with E-state index < -0.39 is 0 Å². The zero-order valence-corrected chi connectivity index (χ0v) is 10.3. The molecule has 0 saturated heterocycles. The van der Waals surface area contributed by atoms with E-state index in [2.05, 4.69) is 23.5 Å². The van der Waals surface area contributed by atoms with Gasteiger partial charge in [0.1, 0.15) is 0 Å². The fraction of sp³-hybridized carbons (Fsp3) is 0.750. The first-order valence-electron chi connectivity index (χ1n) is 6.12. The Morgan fingerprint density at radius 2 is 2.38 bits per heavy atom. The lowest BCUT2D eigenvalue weighted by atomic mass is 10.2. The summed E-state index contributed by atoms with van der Waals surface area (Å²) >= 11 is 0. The summed E-state index contributed by atoms with van der Waals surface area (Å²) in [7, 11) is 0. The van der Waals surface area contributed by atoms with Crippen LogP contribution in [0.4, 0.5) is 0 Å². The Hall–Kier alpha value is -0.870. The molecule has 0 radical (unpaired) electrons. The number of aliphatic hydroxyl groups excluding tert-OH is 1. The fourth-order valence-electron chi connectivity index (χ4n) is 1.60. The number of nitrogens with zero attached hydrogens (tertiary/aromatic N) is 2. The molecule has 1 atom stereocenters. The molecular formula is C12H23N3O. The molecule has 2 N–H and O–H groups in total. The van der Waals surface area contributed by atoms with Crippen LogP contribution in [0.5, 0.6) is 0 Å². The molecule has 1 heterocycles. The molecule has 0 amide bonds. The topological polar surface area (TPSA) is 50.1 Å². The van der Waals surface area contributed by atoms with Gasteiger partial charge in [0, 0.05) is 24.8 Å². The van der Waals surface area contributed by atoms with Crippen molar-refractivity contribution in [3.8, 4) is 0 Å². The second-order valence-corrected chi connectivity index (χ2v) is 4.28. The van der Waals surface area contributed by atoms with E-state index >= 15 is 0 Å². The Morgan fingerprint density at radius 1 is 1.56 bits per heavy atom. The molecule has 0 aliphatic heterocycles. The highest BCUT2D eigenvalue weighted by molar-refractivity contribution is 5.03. The van der Waals surface area contributed by atoms with Gasteiger partial charge in [0.2, 0.25) is 0 Å². The minimum Gasteiger partial charge on any atom is -0.393 e. The summed E-state index contributed by atoms with van der Waals surface area (Å²) in [6.45, 7) is 6.78. The second-order valence-electron chi connectivity index (χ2n) is 4.28. The molecule has 1 unspecified atom stereocenters. The first kappa shape index (κ1) is 13.2. The number of rotatable bonds is 8. The van der Waals surface area contributed by atoms with Crippen LogP contribution >= 0.6 is 0 Å². The van der Waals surface area contributed by atoms with Crippen LogP contribution in [0.3, 0.4) is 0 Å². The van der Waals surface area contributed by atoms with Crippen LogP contribution in [-0.2, 0) is 13.1 Å². The average molecular weight is 225 g/mol. The molecule has 0 aromatic carbocycles. The number of aromatic nitrogens is 2. The van der Waals surface area contributed by atoms with Gasteiger partial charge >= 0.3 is 0 Å². The van der Waals surface area contributed by atoms with Gasteiger partial charge in [0.15, 0.2) is 0 Å². The summed E-state index contributed by atoms with van der Waals surface area (Å²) in [5.41, 5.74) is 1.23. The lowest BCUT2D eigenvalue weighted by Crippen LogP contribution is -2.15. The standard InChI is InChI=1S/C12H23N3O/c1-3-7-15-10-12(9-14-15)8-13-6-4-5-11(2)16/h9-11,13,16H,3-8H2,1-2H3. The van der Waals surface area contributed by atoms with Gasteiger partial charge in [-0.3, -0.25) is 4.68 Å². The number of aryl methyl sites for hydroxylation is 1. The van der Waals surface area contributed by atoms with Crippen molar-refractivity contribution in [2.75, 3.05) is 6.54 Å². The third-order valence-corrected chi connectivity index (χ3v) is 2.44. The predicted molar refractivity (Wildman–Crippen MR) is 65.1 cm³/mol. The first-order valence-corrected chi connectivity index (χ1v) is 6.12. The van der Waals surface area contributed by atoms with E-state index in [0.717, 1.165) is 38.9 Å². The maximum atomic E-state index is 9.09. The molecule has 1 rings (SSSR count). The normalized spacial score (nSPS) is 12.9. The van der Waals surface area contributed by atoms with Gasteiger partial charge in [-0.25, -0.2) is 0 Å². The summed E-state index contributed by atoms with van der Waals surface area (Å²) in [6.07, 6.45) is 6.81. The van der Waals surface area contributed by atoms with Crippen molar-refractivity contribution in [2.45, 2.75) is 52.3 Å². The number of aliphatic hydroxyl groups is 1. The number of hydrogen-bond acceptors (Lipinski definition) is 3. The van der Waals surface area contributed by atoms with Crippen molar-refractivity contribution >= 4 is 0 Å². The minimum atomic E-state index is -0.186. The van der Waals surface area contributed by atoms with E-state index in [1.165, 1.54) is 5.56 Å². The van der Waals surface area contributed by atoms with Crippen molar-refractivity contribution in [3.05, 3.63) is 18.0 Å². The third-order valence-electron chi connectivity index (χ3n) is 2.44. The zero-order valence-electron chi connectivity index (χ0n) is 10.3. The molecule has 1 aromatic rings. The van der Waals surface area contributed by atoms with Crippen molar-refractivity contribution in [1.82, 2.24) is 15.1 Å². The summed E-state index contributed by atoms with van der Waals surface area (Å²) in [5, 5.41) is 16.7. The maximum absolute atomic E-state index is 9.09. The molecule has 0 bridgehead atoms. The van der Waals surface area contributed by atoms with Gasteiger partial charge in [-0.2, -0.15) is 5.10 Å². The van der Waals surface area contributed by atoms with Crippen molar-refractivity contribution in [3.63, 3.8) is 0 Å². The molecule has 4 heteroatoms. The van der Waals surface area contributed by atoms with E-state index in [0.29, 0.717) is 0 Å². The molecular weight excluding hydrogens is 202 g/mol. The Labute approximate surface area is 97.7 Å². The largest absolute Gasteiger partial charge is 0.393 e. The van der Waals surface area contributed by atoms with E-state index in [9.17, 15) is 0 Å². The molecule has 16 heavy (non-hydrogen) atoms. The van der Waals surface area contributed by atoms with E-state index in [1.807, 2.05) is 17.8 Å². The predicted octanol–water partition coefficient (Wildman–Crippen LogP) is 1.54. The Bertz CT molecular complexity index is 284. The first-order chi connectivity index (χ1) is 7.72. The smallest absolute Gasteiger partial charge is 0.0534 e. The van der Waals surface area contributed by atoms with Gasteiger partial charge in [0.05, 0.1) is 12.3 Å². The number of hydrogen-bond donors (Lipinski definition) is 2. The average Bonchev–Trinajstić information content (AvgIpc) is 2.65. The second kappa shape index (κ2) is 7.41. The van der Waals surface area contributed by atoms with Crippen LogP contribution in [0, 0.1) is 0 Å².